The largest absolute Gasteiger partial charge is 0.477 e. The Morgan fingerprint density at radius 1 is 1.20 bits per heavy atom. The highest BCUT2D eigenvalue weighted by Gasteiger charge is 1.97. The van der Waals surface area contributed by atoms with Crippen LogP contribution in [0.4, 0.5) is 0 Å². The summed E-state index contributed by atoms with van der Waals surface area (Å²) >= 11 is 0. The van der Waals surface area contributed by atoms with Crippen molar-refractivity contribution in [1.82, 2.24) is 0 Å². The molecule has 4 heteroatoms. The van der Waals surface area contributed by atoms with Crippen LogP contribution in [0.3, 0.4) is 0 Å². The van der Waals surface area contributed by atoms with E-state index in [2.05, 4.69) is 6.58 Å². The van der Waals surface area contributed by atoms with Crippen LogP contribution in [-0.2, 0) is 9.59 Å². The monoisotopic (exact) mass is 140 g/mol. The minimum absolute atomic E-state index is 0.428. The lowest BCUT2D eigenvalue weighted by atomic mass is 10.3. The molecule has 0 bridgehead atoms. The van der Waals surface area contributed by atoms with Gasteiger partial charge in [-0.1, -0.05) is 6.58 Å². The average Bonchev–Trinajstić information content (AvgIpc) is 1.82. The summed E-state index contributed by atoms with van der Waals surface area (Å²) < 4.78 is 0. The van der Waals surface area contributed by atoms with Gasteiger partial charge < -0.3 is 10.2 Å². The van der Waals surface area contributed by atoms with Crippen molar-refractivity contribution in [2.24, 2.45) is 0 Å². The predicted octanol–water partition coefficient (Wildman–Crippen LogP) is -0.285. The molecule has 0 rings (SSSR count). The van der Waals surface area contributed by atoms with E-state index >= 15 is 0 Å². The molecule has 0 fully saturated rings. The molecule has 0 saturated heterocycles. The lowest BCUT2D eigenvalue weighted by Gasteiger charge is -1.81. The first kappa shape index (κ1) is 8.24. The van der Waals surface area contributed by atoms with Crippen LogP contribution < -0.4 is 0 Å². The predicted molar refractivity (Wildman–Crippen MR) is 32.2 cm³/mol. The summed E-state index contributed by atoms with van der Waals surface area (Å²) in [6, 6.07) is 0. The zero-order chi connectivity index (χ0) is 8.15. The van der Waals surface area contributed by atoms with Gasteiger partial charge in [-0.3, -0.25) is 0 Å². The first-order valence-electron chi connectivity index (χ1n) is 2.21. The molecule has 4 nitrogen and oxygen atoms in total. The Labute approximate surface area is 56.8 Å². The van der Waals surface area contributed by atoms with Crippen LogP contribution in [0.25, 0.3) is 0 Å². The van der Waals surface area contributed by atoms with Gasteiger partial charge in [0.05, 0.1) is 0 Å². The van der Waals surface area contributed by atoms with E-state index in [4.69, 9.17) is 10.2 Å². The standard InChI is InChI=1S/C6H4O4/c1-4(6(9)10)2-3-5(7)8/h1H2,(H,7,8)(H,9,10). The lowest BCUT2D eigenvalue weighted by Crippen LogP contribution is -1.96. The van der Waals surface area contributed by atoms with E-state index in [0.717, 1.165) is 0 Å². The molecule has 0 aromatic rings. The smallest absolute Gasteiger partial charge is 0.382 e. The Hall–Kier alpha value is -1.76. The molecule has 0 saturated carbocycles. The third-order valence-corrected chi connectivity index (χ3v) is 0.578. The van der Waals surface area contributed by atoms with Crippen molar-refractivity contribution in [3.8, 4) is 11.8 Å². The van der Waals surface area contributed by atoms with Gasteiger partial charge in [0.15, 0.2) is 0 Å². The Morgan fingerprint density at radius 2 is 1.70 bits per heavy atom. The first-order valence-corrected chi connectivity index (χ1v) is 2.21. The van der Waals surface area contributed by atoms with Gasteiger partial charge in [-0.25, -0.2) is 9.59 Å². The summed E-state index contributed by atoms with van der Waals surface area (Å²) in [5, 5.41) is 16.0. The fraction of sp³-hybridized carbons (Fsp3) is 0. The zero-order valence-electron chi connectivity index (χ0n) is 4.92. The molecule has 52 valence electrons. The van der Waals surface area contributed by atoms with Crippen LogP contribution in [0.2, 0.25) is 0 Å². The van der Waals surface area contributed by atoms with E-state index in [1.165, 1.54) is 0 Å². The molecule has 0 unspecified atom stereocenters. The molecule has 0 aliphatic rings. The summed E-state index contributed by atoms with van der Waals surface area (Å²) in [5.74, 6) is 0.767. The average molecular weight is 140 g/mol. The quantitative estimate of drug-likeness (QED) is 0.388. The van der Waals surface area contributed by atoms with Crippen LogP contribution in [0, 0.1) is 11.8 Å². The number of carboxylic acids is 2. The molecule has 0 atom stereocenters. The van der Waals surface area contributed by atoms with Crippen molar-refractivity contribution in [3.05, 3.63) is 12.2 Å². The fourth-order valence-electron chi connectivity index (χ4n) is 0.182. The highest BCUT2D eigenvalue weighted by molar-refractivity contribution is 5.95. The number of aliphatic carboxylic acids is 2. The second-order valence-corrected chi connectivity index (χ2v) is 1.34. The van der Waals surface area contributed by atoms with Gasteiger partial charge in [0, 0.05) is 5.92 Å². The van der Waals surface area contributed by atoms with Crippen LogP contribution in [0.15, 0.2) is 12.2 Å². The maximum Gasteiger partial charge on any atom is 0.382 e. The van der Waals surface area contributed by atoms with Crippen molar-refractivity contribution in [1.29, 1.82) is 0 Å². The van der Waals surface area contributed by atoms with Crippen molar-refractivity contribution in [3.63, 3.8) is 0 Å². The second kappa shape index (κ2) is 3.30. The summed E-state index contributed by atoms with van der Waals surface area (Å²) in [4.78, 5) is 19.6. The minimum Gasteiger partial charge on any atom is -0.477 e. The topological polar surface area (TPSA) is 74.6 Å². The van der Waals surface area contributed by atoms with Gasteiger partial charge in [0.25, 0.3) is 0 Å². The summed E-state index contributed by atoms with van der Waals surface area (Å²) in [6.07, 6.45) is 0. The van der Waals surface area contributed by atoms with Crippen LogP contribution in [0.5, 0.6) is 0 Å². The molecule has 0 radical (unpaired) electrons. The number of carbonyl (C=O) groups is 2. The van der Waals surface area contributed by atoms with Crippen molar-refractivity contribution in [2.45, 2.75) is 0 Å². The molecule has 0 aliphatic heterocycles. The van der Waals surface area contributed by atoms with E-state index in [1.54, 1.807) is 5.92 Å². The summed E-state index contributed by atoms with van der Waals surface area (Å²) in [6.45, 7) is 2.99. The molecular weight excluding hydrogens is 136 g/mol. The van der Waals surface area contributed by atoms with E-state index in [0.29, 0.717) is 0 Å². The molecule has 0 aromatic heterocycles. The maximum absolute atomic E-state index is 9.92. The highest BCUT2D eigenvalue weighted by atomic mass is 16.4. The van der Waals surface area contributed by atoms with Gasteiger partial charge in [-0.2, -0.15) is 0 Å². The second-order valence-electron chi connectivity index (χ2n) is 1.34. The first-order chi connectivity index (χ1) is 4.54. The van der Waals surface area contributed by atoms with Gasteiger partial charge in [-0.05, 0) is 5.92 Å². The number of rotatable bonds is 1. The third kappa shape index (κ3) is 3.27. The number of hydrogen-bond acceptors (Lipinski definition) is 2. The highest BCUT2D eigenvalue weighted by Crippen LogP contribution is 1.83. The van der Waals surface area contributed by atoms with Gasteiger partial charge >= 0.3 is 11.9 Å². The molecular formula is C6H4O4. The van der Waals surface area contributed by atoms with Gasteiger partial charge in [0.2, 0.25) is 0 Å². The number of hydrogen-bond donors (Lipinski definition) is 2. The van der Waals surface area contributed by atoms with Gasteiger partial charge in [0.1, 0.15) is 5.57 Å². The fourth-order valence-corrected chi connectivity index (χ4v) is 0.182. The van der Waals surface area contributed by atoms with Crippen molar-refractivity contribution in [2.75, 3.05) is 0 Å². The van der Waals surface area contributed by atoms with E-state index < -0.39 is 17.5 Å². The molecule has 0 aromatic carbocycles. The van der Waals surface area contributed by atoms with Crippen molar-refractivity contribution >= 4 is 11.9 Å². The van der Waals surface area contributed by atoms with E-state index in [-0.39, 0.29) is 0 Å². The normalized spacial score (nSPS) is 7.20. The Morgan fingerprint density at radius 3 is 2.00 bits per heavy atom. The van der Waals surface area contributed by atoms with E-state index in [9.17, 15) is 9.59 Å². The molecule has 0 spiro atoms. The number of carboxylic acid groups (broad SMARTS) is 2. The molecule has 0 aliphatic carbocycles. The Bertz CT molecular complexity index is 240. The van der Waals surface area contributed by atoms with Crippen LogP contribution in [0.1, 0.15) is 0 Å². The molecule has 0 heterocycles. The Kier molecular flexibility index (Phi) is 2.72. The summed E-state index contributed by atoms with van der Waals surface area (Å²) in [7, 11) is 0. The summed E-state index contributed by atoms with van der Waals surface area (Å²) in [5.41, 5.74) is -0.428. The van der Waals surface area contributed by atoms with Crippen LogP contribution in [-0.4, -0.2) is 22.2 Å². The Balaban J connectivity index is 4.20. The zero-order valence-corrected chi connectivity index (χ0v) is 4.92. The maximum atomic E-state index is 9.92. The minimum atomic E-state index is -1.37. The lowest BCUT2D eigenvalue weighted by molar-refractivity contribution is -0.132. The molecule has 10 heavy (non-hydrogen) atoms. The van der Waals surface area contributed by atoms with Crippen LogP contribution >= 0.6 is 0 Å². The van der Waals surface area contributed by atoms with Gasteiger partial charge in [-0.15, -0.1) is 0 Å². The third-order valence-electron chi connectivity index (χ3n) is 0.578. The van der Waals surface area contributed by atoms with Crippen molar-refractivity contribution < 1.29 is 19.8 Å². The molecule has 2 N–H and O–H groups in total. The van der Waals surface area contributed by atoms with E-state index in [1.807, 2.05) is 5.92 Å². The molecule has 0 amide bonds. The SMILES string of the molecule is C=C(C#CC(=O)O)C(=O)O.